The van der Waals surface area contributed by atoms with Gasteiger partial charge in [0.15, 0.2) is 5.82 Å². The fourth-order valence-electron chi connectivity index (χ4n) is 3.76. The van der Waals surface area contributed by atoms with Gasteiger partial charge in [0.05, 0.1) is 6.10 Å². The quantitative estimate of drug-likeness (QED) is 0.851. The molecule has 0 bridgehead atoms. The number of piperidine rings is 1. The van der Waals surface area contributed by atoms with Crippen LogP contribution in [0.5, 0.6) is 0 Å². The Kier molecular flexibility index (Phi) is 3.15. The summed E-state index contributed by atoms with van der Waals surface area (Å²) in [6, 6.07) is 0.619. The topological polar surface area (TPSA) is 66.1 Å². The highest BCUT2D eigenvalue weighted by molar-refractivity contribution is 5.33. The number of anilines is 1. The molecular weight excluding hydrogens is 254 g/mol. The predicted octanol–water partition coefficient (Wildman–Crippen LogP) is 1.23. The standard InChI is InChI=1S/C14H23N5O/c1-9-4-5-12(20-9)13-16-14(18-17-13)19-7-10-3-2-6-15-11(10)8-19/h9-12,15H,2-8H2,1H3,(H,16,17,18). The molecule has 0 radical (unpaired) electrons. The van der Waals surface area contributed by atoms with E-state index >= 15 is 0 Å². The van der Waals surface area contributed by atoms with Gasteiger partial charge >= 0.3 is 0 Å². The number of aromatic nitrogens is 3. The van der Waals surface area contributed by atoms with E-state index in [2.05, 4.69) is 32.3 Å². The number of fused-ring (bicyclic) bond motifs is 1. The summed E-state index contributed by atoms with van der Waals surface area (Å²) in [6.45, 7) is 5.39. The molecule has 4 unspecified atom stereocenters. The summed E-state index contributed by atoms with van der Waals surface area (Å²) in [6.07, 6.45) is 5.22. The lowest BCUT2D eigenvalue weighted by Crippen LogP contribution is -2.40. The summed E-state index contributed by atoms with van der Waals surface area (Å²) >= 11 is 0. The van der Waals surface area contributed by atoms with Crippen LogP contribution in [0.25, 0.3) is 0 Å². The van der Waals surface area contributed by atoms with E-state index in [-0.39, 0.29) is 6.10 Å². The van der Waals surface area contributed by atoms with Gasteiger partial charge < -0.3 is 15.0 Å². The molecule has 4 atom stereocenters. The SMILES string of the molecule is CC1CCC(c2nc(N3CC4CCCNC4C3)n[nH]2)O1. The molecule has 4 rings (SSSR count). The Morgan fingerprint density at radius 1 is 1.25 bits per heavy atom. The van der Waals surface area contributed by atoms with Crippen LogP contribution in [0.1, 0.15) is 44.5 Å². The van der Waals surface area contributed by atoms with Crippen LogP contribution in [0.15, 0.2) is 0 Å². The molecule has 2 N–H and O–H groups in total. The third-order valence-corrected chi connectivity index (χ3v) is 4.91. The first-order valence-corrected chi connectivity index (χ1v) is 7.85. The fraction of sp³-hybridized carbons (Fsp3) is 0.857. The van der Waals surface area contributed by atoms with Crippen LogP contribution in [0.4, 0.5) is 5.95 Å². The first-order chi connectivity index (χ1) is 9.79. The van der Waals surface area contributed by atoms with Gasteiger partial charge in [0.25, 0.3) is 0 Å². The normalized spacial score (nSPS) is 37.4. The van der Waals surface area contributed by atoms with E-state index in [1.807, 2.05) is 0 Å². The van der Waals surface area contributed by atoms with Crippen LogP contribution in [0, 0.1) is 5.92 Å². The van der Waals surface area contributed by atoms with Crippen LogP contribution in [0.3, 0.4) is 0 Å². The molecule has 0 aromatic carbocycles. The number of nitrogens with zero attached hydrogens (tertiary/aromatic N) is 3. The maximum Gasteiger partial charge on any atom is 0.244 e. The summed E-state index contributed by atoms with van der Waals surface area (Å²) in [5, 5.41) is 11.1. The predicted molar refractivity (Wildman–Crippen MR) is 75.6 cm³/mol. The van der Waals surface area contributed by atoms with Gasteiger partial charge in [0.1, 0.15) is 6.10 Å². The number of hydrogen-bond donors (Lipinski definition) is 2. The molecule has 4 heterocycles. The van der Waals surface area contributed by atoms with Crippen molar-refractivity contribution < 1.29 is 4.74 Å². The molecule has 1 aromatic rings. The summed E-state index contributed by atoms with van der Waals surface area (Å²) in [5.41, 5.74) is 0. The summed E-state index contributed by atoms with van der Waals surface area (Å²) < 4.78 is 5.85. The second kappa shape index (κ2) is 5.00. The van der Waals surface area contributed by atoms with Crippen LogP contribution in [-0.2, 0) is 4.74 Å². The Hall–Kier alpha value is -1.14. The molecular formula is C14H23N5O. The Morgan fingerprint density at radius 2 is 2.20 bits per heavy atom. The van der Waals surface area contributed by atoms with Crippen molar-refractivity contribution >= 4 is 5.95 Å². The monoisotopic (exact) mass is 277 g/mol. The van der Waals surface area contributed by atoms with Gasteiger partial charge in [-0.15, -0.1) is 5.10 Å². The average molecular weight is 277 g/mol. The van der Waals surface area contributed by atoms with Crippen molar-refractivity contribution in [2.45, 2.75) is 50.9 Å². The Bertz CT molecular complexity index is 462. The van der Waals surface area contributed by atoms with E-state index in [4.69, 9.17) is 4.74 Å². The molecule has 3 saturated heterocycles. The van der Waals surface area contributed by atoms with E-state index in [0.29, 0.717) is 12.1 Å². The minimum Gasteiger partial charge on any atom is -0.367 e. The smallest absolute Gasteiger partial charge is 0.244 e. The molecule has 6 heteroatoms. The molecule has 20 heavy (non-hydrogen) atoms. The lowest BCUT2D eigenvalue weighted by Gasteiger charge is -2.24. The van der Waals surface area contributed by atoms with Crippen LogP contribution in [0.2, 0.25) is 0 Å². The van der Waals surface area contributed by atoms with Gasteiger partial charge in [0.2, 0.25) is 5.95 Å². The molecule has 0 spiro atoms. The Morgan fingerprint density at radius 3 is 3.00 bits per heavy atom. The fourth-order valence-corrected chi connectivity index (χ4v) is 3.76. The lowest BCUT2D eigenvalue weighted by molar-refractivity contribution is 0.0505. The van der Waals surface area contributed by atoms with E-state index in [1.165, 1.54) is 12.8 Å². The van der Waals surface area contributed by atoms with Crippen molar-refractivity contribution in [3.8, 4) is 0 Å². The number of ether oxygens (including phenoxy) is 1. The number of rotatable bonds is 2. The van der Waals surface area contributed by atoms with Crippen LogP contribution in [-0.4, -0.2) is 47.0 Å². The number of nitrogens with one attached hydrogen (secondary N) is 2. The zero-order valence-corrected chi connectivity index (χ0v) is 12.0. The third-order valence-electron chi connectivity index (χ3n) is 4.91. The molecule has 3 aliphatic rings. The highest BCUT2D eigenvalue weighted by atomic mass is 16.5. The molecule has 6 nitrogen and oxygen atoms in total. The van der Waals surface area contributed by atoms with Crippen molar-refractivity contribution in [3.63, 3.8) is 0 Å². The van der Waals surface area contributed by atoms with Crippen LogP contribution >= 0.6 is 0 Å². The second-order valence-electron chi connectivity index (χ2n) is 6.40. The summed E-state index contributed by atoms with van der Waals surface area (Å²) in [5.74, 6) is 2.50. The van der Waals surface area contributed by atoms with Gasteiger partial charge in [-0.3, -0.25) is 5.10 Å². The number of aromatic amines is 1. The van der Waals surface area contributed by atoms with Gasteiger partial charge in [-0.2, -0.15) is 4.98 Å². The van der Waals surface area contributed by atoms with Crippen molar-refractivity contribution in [2.75, 3.05) is 24.5 Å². The van der Waals surface area contributed by atoms with Crippen molar-refractivity contribution in [3.05, 3.63) is 5.82 Å². The van der Waals surface area contributed by atoms with E-state index in [9.17, 15) is 0 Å². The van der Waals surface area contributed by atoms with Crippen molar-refractivity contribution in [1.29, 1.82) is 0 Å². The zero-order chi connectivity index (χ0) is 13.5. The third kappa shape index (κ3) is 2.20. The van der Waals surface area contributed by atoms with Crippen molar-refractivity contribution in [1.82, 2.24) is 20.5 Å². The number of H-pyrrole nitrogens is 1. The highest BCUT2D eigenvalue weighted by Gasteiger charge is 2.36. The van der Waals surface area contributed by atoms with Gasteiger partial charge in [-0.25, -0.2) is 0 Å². The maximum atomic E-state index is 5.85. The van der Waals surface area contributed by atoms with Crippen LogP contribution < -0.4 is 10.2 Å². The molecule has 0 aliphatic carbocycles. The first-order valence-electron chi connectivity index (χ1n) is 7.85. The molecule has 110 valence electrons. The maximum absolute atomic E-state index is 5.85. The summed E-state index contributed by atoms with van der Waals surface area (Å²) in [4.78, 5) is 6.98. The minimum atomic E-state index is 0.106. The van der Waals surface area contributed by atoms with Gasteiger partial charge in [-0.1, -0.05) is 0 Å². The van der Waals surface area contributed by atoms with E-state index in [1.54, 1.807) is 0 Å². The van der Waals surface area contributed by atoms with Gasteiger partial charge in [-0.05, 0) is 45.1 Å². The number of hydrogen-bond acceptors (Lipinski definition) is 5. The summed E-state index contributed by atoms with van der Waals surface area (Å²) in [7, 11) is 0. The second-order valence-corrected chi connectivity index (χ2v) is 6.40. The molecule has 3 fully saturated rings. The van der Waals surface area contributed by atoms with Gasteiger partial charge in [0, 0.05) is 19.1 Å². The zero-order valence-electron chi connectivity index (χ0n) is 12.0. The highest BCUT2D eigenvalue weighted by Crippen LogP contribution is 2.32. The average Bonchev–Trinajstić information content (AvgIpc) is 3.16. The first kappa shape index (κ1) is 12.6. The Balaban J connectivity index is 1.46. The molecule has 0 saturated carbocycles. The molecule has 0 amide bonds. The van der Waals surface area contributed by atoms with E-state index in [0.717, 1.165) is 50.2 Å². The Labute approximate surface area is 119 Å². The lowest BCUT2D eigenvalue weighted by atomic mass is 9.94. The van der Waals surface area contributed by atoms with E-state index < -0.39 is 0 Å². The molecule has 3 aliphatic heterocycles. The minimum absolute atomic E-state index is 0.106. The largest absolute Gasteiger partial charge is 0.367 e. The molecule has 1 aromatic heterocycles. The van der Waals surface area contributed by atoms with Crippen molar-refractivity contribution in [2.24, 2.45) is 5.92 Å².